The van der Waals surface area contributed by atoms with Gasteiger partial charge in [0.05, 0.1) is 17.1 Å². The fourth-order valence-electron chi connectivity index (χ4n) is 2.89. The van der Waals surface area contributed by atoms with Crippen LogP contribution in [0.2, 0.25) is 0 Å². The summed E-state index contributed by atoms with van der Waals surface area (Å²) >= 11 is 0. The lowest BCUT2D eigenvalue weighted by Gasteiger charge is -2.10. The zero-order chi connectivity index (χ0) is 23.3. The number of anilines is 1. The van der Waals surface area contributed by atoms with Crippen molar-refractivity contribution in [2.24, 2.45) is 0 Å². The Balaban J connectivity index is 1.62. The topological polar surface area (TPSA) is 127 Å². The van der Waals surface area contributed by atoms with Crippen LogP contribution in [0.25, 0.3) is 0 Å². The van der Waals surface area contributed by atoms with E-state index >= 15 is 0 Å². The summed E-state index contributed by atoms with van der Waals surface area (Å²) in [7, 11) is -3.85. The molecule has 32 heavy (non-hydrogen) atoms. The molecule has 0 aliphatic carbocycles. The Morgan fingerprint density at radius 3 is 2.12 bits per heavy atom. The van der Waals surface area contributed by atoms with E-state index < -0.39 is 21.8 Å². The van der Waals surface area contributed by atoms with E-state index in [2.05, 4.69) is 15.6 Å². The molecule has 0 atom stereocenters. The molecule has 168 valence electrons. The Morgan fingerprint density at radius 1 is 0.938 bits per heavy atom. The minimum Gasteiger partial charge on any atom is -0.494 e. The first kappa shape index (κ1) is 22.9. The minimum absolute atomic E-state index is 0.0172. The van der Waals surface area contributed by atoms with E-state index in [0.717, 1.165) is 0 Å². The standard InChI is InChI=1S/C22H23N3O6S/c1-4-30-18-9-7-17(8-10-18)25-32(28,29)19-11-5-16(6-12-19)21(26)23-24-22(27)20-13-14(2)31-15(20)3/h5-13,25H,4H2,1-3H3,(H,23,26)(H,24,27). The number of amides is 2. The van der Waals surface area contributed by atoms with Crippen LogP contribution in [-0.4, -0.2) is 26.8 Å². The summed E-state index contributed by atoms with van der Waals surface area (Å²) in [5, 5.41) is 0. The molecule has 1 aromatic heterocycles. The molecule has 1 heterocycles. The molecule has 3 N–H and O–H groups in total. The molecule has 0 fully saturated rings. The van der Waals surface area contributed by atoms with Gasteiger partial charge in [-0.2, -0.15) is 0 Å². The molecule has 0 aliphatic rings. The molecule has 2 aromatic carbocycles. The van der Waals surface area contributed by atoms with Gasteiger partial charge < -0.3 is 9.15 Å². The number of hydrazine groups is 1. The monoisotopic (exact) mass is 457 g/mol. The lowest BCUT2D eigenvalue weighted by atomic mass is 10.2. The van der Waals surface area contributed by atoms with Gasteiger partial charge in [0, 0.05) is 11.3 Å². The maximum atomic E-state index is 12.6. The first-order valence-corrected chi connectivity index (χ1v) is 11.2. The van der Waals surface area contributed by atoms with Crippen molar-refractivity contribution in [3.63, 3.8) is 0 Å². The van der Waals surface area contributed by atoms with Gasteiger partial charge >= 0.3 is 0 Å². The number of carbonyl (C=O) groups is 2. The minimum atomic E-state index is -3.85. The highest BCUT2D eigenvalue weighted by Crippen LogP contribution is 2.20. The third kappa shape index (κ3) is 5.46. The lowest BCUT2D eigenvalue weighted by Crippen LogP contribution is -2.41. The van der Waals surface area contributed by atoms with E-state index in [0.29, 0.717) is 35.1 Å². The van der Waals surface area contributed by atoms with Gasteiger partial charge in [0.25, 0.3) is 21.8 Å². The maximum Gasteiger partial charge on any atom is 0.273 e. The number of benzene rings is 2. The number of hydrogen-bond donors (Lipinski definition) is 3. The lowest BCUT2D eigenvalue weighted by molar-refractivity contribution is 0.0845. The number of rotatable bonds is 7. The second-order valence-electron chi connectivity index (χ2n) is 6.82. The van der Waals surface area contributed by atoms with Crippen LogP contribution in [0, 0.1) is 13.8 Å². The smallest absolute Gasteiger partial charge is 0.273 e. The summed E-state index contributed by atoms with van der Waals surface area (Å²) in [6, 6.07) is 13.4. The van der Waals surface area contributed by atoms with Crippen LogP contribution in [0.15, 0.2) is 63.9 Å². The Bertz CT molecular complexity index is 1220. The molecular weight excluding hydrogens is 434 g/mol. The molecule has 0 unspecified atom stereocenters. The van der Waals surface area contributed by atoms with Crippen molar-refractivity contribution in [2.45, 2.75) is 25.7 Å². The SMILES string of the molecule is CCOc1ccc(NS(=O)(=O)c2ccc(C(=O)NNC(=O)c3cc(C)oc3C)cc2)cc1. The highest BCUT2D eigenvalue weighted by atomic mass is 32.2. The van der Waals surface area contributed by atoms with E-state index in [4.69, 9.17) is 9.15 Å². The average Bonchev–Trinajstić information content (AvgIpc) is 3.11. The van der Waals surface area contributed by atoms with Gasteiger partial charge in [-0.1, -0.05) is 0 Å². The van der Waals surface area contributed by atoms with Gasteiger partial charge in [0.15, 0.2) is 0 Å². The molecule has 2 amide bonds. The molecular formula is C22H23N3O6S. The summed E-state index contributed by atoms with van der Waals surface area (Å²) in [5.74, 6) is 0.528. The number of nitrogens with one attached hydrogen (secondary N) is 3. The summed E-state index contributed by atoms with van der Waals surface area (Å²) in [5.41, 5.74) is 5.45. The van der Waals surface area contributed by atoms with Crippen LogP contribution in [0.1, 0.15) is 39.2 Å². The van der Waals surface area contributed by atoms with Crippen molar-refractivity contribution in [1.29, 1.82) is 0 Å². The van der Waals surface area contributed by atoms with Crippen LogP contribution in [-0.2, 0) is 10.0 Å². The predicted molar refractivity (Wildman–Crippen MR) is 118 cm³/mol. The van der Waals surface area contributed by atoms with Crippen molar-refractivity contribution >= 4 is 27.5 Å². The summed E-state index contributed by atoms with van der Waals surface area (Å²) in [6.45, 7) is 5.72. The molecule has 0 saturated carbocycles. The third-order valence-electron chi connectivity index (χ3n) is 4.42. The third-order valence-corrected chi connectivity index (χ3v) is 5.82. The zero-order valence-corrected chi connectivity index (χ0v) is 18.6. The van der Waals surface area contributed by atoms with Gasteiger partial charge in [-0.25, -0.2) is 8.42 Å². The first-order valence-electron chi connectivity index (χ1n) is 9.73. The second kappa shape index (κ2) is 9.56. The quantitative estimate of drug-likeness (QED) is 0.468. The summed E-state index contributed by atoms with van der Waals surface area (Å²) in [4.78, 5) is 24.4. The summed E-state index contributed by atoms with van der Waals surface area (Å²) in [6.07, 6.45) is 0. The zero-order valence-electron chi connectivity index (χ0n) is 17.8. The van der Waals surface area contributed by atoms with Gasteiger partial charge in [0.2, 0.25) is 0 Å². The number of hydrogen-bond acceptors (Lipinski definition) is 6. The number of carbonyl (C=O) groups excluding carboxylic acids is 2. The fourth-order valence-corrected chi connectivity index (χ4v) is 3.95. The molecule has 0 bridgehead atoms. The molecule has 0 spiro atoms. The molecule has 0 aliphatic heterocycles. The van der Waals surface area contributed by atoms with Crippen molar-refractivity contribution in [1.82, 2.24) is 10.9 Å². The van der Waals surface area contributed by atoms with Gasteiger partial charge in [-0.15, -0.1) is 0 Å². The van der Waals surface area contributed by atoms with Crippen molar-refractivity contribution in [3.8, 4) is 5.75 Å². The highest BCUT2D eigenvalue weighted by molar-refractivity contribution is 7.92. The molecule has 10 heteroatoms. The van der Waals surface area contributed by atoms with Crippen molar-refractivity contribution in [3.05, 3.63) is 77.2 Å². The van der Waals surface area contributed by atoms with Crippen LogP contribution in [0.3, 0.4) is 0 Å². The van der Waals surface area contributed by atoms with Crippen LogP contribution < -0.4 is 20.3 Å². The van der Waals surface area contributed by atoms with Crippen LogP contribution in [0.4, 0.5) is 5.69 Å². The fraction of sp³-hybridized carbons (Fsp3) is 0.182. The first-order chi connectivity index (χ1) is 15.2. The summed E-state index contributed by atoms with van der Waals surface area (Å²) < 4.78 is 38.3. The van der Waals surface area contributed by atoms with Gasteiger partial charge in [-0.3, -0.25) is 25.2 Å². The largest absolute Gasteiger partial charge is 0.494 e. The van der Waals surface area contributed by atoms with Gasteiger partial charge in [0.1, 0.15) is 17.3 Å². The Hall–Kier alpha value is -3.79. The van der Waals surface area contributed by atoms with Crippen molar-refractivity contribution < 1.29 is 27.2 Å². The van der Waals surface area contributed by atoms with Crippen LogP contribution in [0.5, 0.6) is 5.75 Å². The highest BCUT2D eigenvalue weighted by Gasteiger charge is 2.17. The Morgan fingerprint density at radius 2 is 1.56 bits per heavy atom. The van der Waals surface area contributed by atoms with Crippen LogP contribution >= 0.6 is 0 Å². The van der Waals surface area contributed by atoms with Crippen molar-refractivity contribution in [2.75, 3.05) is 11.3 Å². The van der Waals surface area contributed by atoms with E-state index in [1.165, 1.54) is 24.3 Å². The number of aryl methyl sites for hydroxylation is 2. The Kier molecular flexibility index (Phi) is 6.84. The number of sulfonamides is 1. The van der Waals surface area contributed by atoms with E-state index in [-0.39, 0.29) is 10.5 Å². The van der Waals surface area contributed by atoms with E-state index in [1.54, 1.807) is 44.2 Å². The maximum absolute atomic E-state index is 12.6. The van der Waals surface area contributed by atoms with Gasteiger partial charge in [-0.05, 0) is 75.4 Å². The van der Waals surface area contributed by atoms with E-state index in [1.807, 2.05) is 6.92 Å². The predicted octanol–water partition coefficient (Wildman–Crippen LogP) is 3.17. The molecule has 3 rings (SSSR count). The molecule has 3 aromatic rings. The Labute approximate surface area is 185 Å². The molecule has 0 saturated heterocycles. The average molecular weight is 458 g/mol. The molecule has 0 radical (unpaired) electrons. The number of furan rings is 1. The number of ether oxygens (including phenoxy) is 1. The molecule has 9 nitrogen and oxygen atoms in total. The normalized spacial score (nSPS) is 11.0. The second-order valence-corrected chi connectivity index (χ2v) is 8.50. The van der Waals surface area contributed by atoms with E-state index in [9.17, 15) is 18.0 Å².